The van der Waals surface area contributed by atoms with E-state index in [0.29, 0.717) is 0 Å². The van der Waals surface area contributed by atoms with E-state index in [1.807, 2.05) is 18.7 Å². The van der Waals surface area contributed by atoms with Crippen LogP contribution in [-0.2, 0) is 0 Å². The second kappa shape index (κ2) is 5.43. The molecule has 0 aliphatic carbocycles. The number of hydrogen-bond donors (Lipinski definition) is 1. The fraction of sp³-hybridized carbons (Fsp3) is 0.467. The molecular formula is C15H19NO3. The zero-order valence-corrected chi connectivity index (χ0v) is 11.3. The highest BCUT2D eigenvalue weighted by Crippen LogP contribution is 2.25. The van der Waals surface area contributed by atoms with Crippen LogP contribution in [0, 0.1) is 0 Å². The van der Waals surface area contributed by atoms with Crippen LogP contribution in [0.5, 0.6) is 0 Å². The molecule has 0 aromatic heterocycles. The molecule has 4 heteroatoms. The molecule has 0 bridgehead atoms. The first kappa shape index (κ1) is 13.6. The second-order valence-corrected chi connectivity index (χ2v) is 5.19. The Kier molecular flexibility index (Phi) is 3.88. The van der Waals surface area contributed by atoms with Crippen LogP contribution >= 0.6 is 0 Å². The van der Waals surface area contributed by atoms with Gasteiger partial charge in [-0.15, -0.1) is 0 Å². The van der Waals surface area contributed by atoms with Gasteiger partial charge in [-0.25, -0.2) is 4.79 Å². The number of carboxylic acids is 1. The van der Waals surface area contributed by atoms with E-state index in [2.05, 4.69) is 0 Å². The van der Waals surface area contributed by atoms with Gasteiger partial charge >= 0.3 is 5.97 Å². The molecule has 0 spiro atoms. The van der Waals surface area contributed by atoms with Crippen molar-refractivity contribution >= 4 is 11.9 Å². The summed E-state index contributed by atoms with van der Waals surface area (Å²) in [6.45, 7) is 4.05. The van der Waals surface area contributed by atoms with Crippen LogP contribution in [-0.4, -0.2) is 34.0 Å². The normalized spacial score (nSPS) is 23.2. The van der Waals surface area contributed by atoms with Crippen LogP contribution < -0.4 is 0 Å². The molecule has 1 aromatic rings. The standard InChI is InChI=1S/C15H19NO3/c1-10-6-5-7-11(2)16(10)14(17)12-8-3-4-9-13(12)15(18)19/h3-4,8-11H,5-7H2,1-2H3,(H,18,19)/t10-,11-/m0/s1. The Morgan fingerprint density at radius 3 is 2.16 bits per heavy atom. The minimum absolute atomic E-state index is 0.0810. The van der Waals surface area contributed by atoms with Crippen LogP contribution in [0.1, 0.15) is 53.8 Å². The maximum atomic E-state index is 12.6. The summed E-state index contributed by atoms with van der Waals surface area (Å²) in [6, 6.07) is 6.76. The van der Waals surface area contributed by atoms with Gasteiger partial charge in [-0.3, -0.25) is 4.79 Å². The summed E-state index contributed by atoms with van der Waals surface area (Å²) in [7, 11) is 0. The second-order valence-electron chi connectivity index (χ2n) is 5.19. The number of carbonyl (C=O) groups is 2. The summed E-state index contributed by atoms with van der Waals surface area (Å²) < 4.78 is 0. The van der Waals surface area contributed by atoms with Gasteiger partial charge in [-0.05, 0) is 45.2 Å². The molecule has 4 nitrogen and oxygen atoms in total. The Morgan fingerprint density at radius 2 is 1.63 bits per heavy atom. The van der Waals surface area contributed by atoms with E-state index in [4.69, 9.17) is 0 Å². The molecule has 1 N–H and O–H groups in total. The Bertz CT molecular complexity index is 488. The number of amides is 1. The summed E-state index contributed by atoms with van der Waals surface area (Å²) in [5.74, 6) is -1.22. The maximum absolute atomic E-state index is 12.6. The van der Waals surface area contributed by atoms with Gasteiger partial charge in [0.25, 0.3) is 5.91 Å². The number of aromatic carboxylic acids is 1. The summed E-state index contributed by atoms with van der Waals surface area (Å²) >= 11 is 0. The number of rotatable bonds is 2. The van der Waals surface area contributed by atoms with Crippen LogP contribution in [0.4, 0.5) is 0 Å². The molecule has 1 aliphatic heterocycles. The molecule has 2 rings (SSSR count). The van der Waals surface area contributed by atoms with E-state index >= 15 is 0 Å². The van der Waals surface area contributed by atoms with Crippen LogP contribution in [0.25, 0.3) is 0 Å². The number of piperidine rings is 1. The van der Waals surface area contributed by atoms with Gasteiger partial charge in [0.05, 0.1) is 11.1 Å². The average molecular weight is 261 g/mol. The molecule has 102 valence electrons. The lowest BCUT2D eigenvalue weighted by atomic mass is 9.95. The van der Waals surface area contributed by atoms with E-state index in [1.165, 1.54) is 6.07 Å². The maximum Gasteiger partial charge on any atom is 0.336 e. The quantitative estimate of drug-likeness (QED) is 0.890. The lowest BCUT2D eigenvalue weighted by Gasteiger charge is -2.39. The third-order valence-electron chi connectivity index (χ3n) is 3.82. The number of hydrogen-bond acceptors (Lipinski definition) is 2. The molecule has 1 heterocycles. The third kappa shape index (κ3) is 2.62. The molecule has 19 heavy (non-hydrogen) atoms. The van der Waals surface area contributed by atoms with Crippen molar-refractivity contribution in [1.29, 1.82) is 0 Å². The molecule has 1 fully saturated rings. The number of carboxylic acid groups (broad SMARTS) is 1. The van der Waals surface area contributed by atoms with E-state index in [9.17, 15) is 14.7 Å². The number of benzene rings is 1. The lowest BCUT2D eigenvalue weighted by Crippen LogP contribution is -2.47. The third-order valence-corrected chi connectivity index (χ3v) is 3.82. The SMILES string of the molecule is C[C@H]1CCC[C@H](C)N1C(=O)c1ccccc1C(=O)O. The van der Waals surface area contributed by atoms with E-state index in [0.717, 1.165) is 19.3 Å². The van der Waals surface area contributed by atoms with Crippen molar-refractivity contribution in [3.63, 3.8) is 0 Å². The predicted octanol–water partition coefficient (Wildman–Crippen LogP) is 2.79. The first-order valence-electron chi connectivity index (χ1n) is 6.67. The smallest absolute Gasteiger partial charge is 0.336 e. The van der Waals surface area contributed by atoms with Crippen molar-refractivity contribution in [1.82, 2.24) is 4.90 Å². The Hall–Kier alpha value is -1.84. The Labute approximate surface area is 113 Å². The van der Waals surface area contributed by atoms with Crippen LogP contribution in [0.15, 0.2) is 24.3 Å². The average Bonchev–Trinajstić information content (AvgIpc) is 2.38. The van der Waals surface area contributed by atoms with Crippen LogP contribution in [0.3, 0.4) is 0 Å². The van der Waals surface area contributed by atoms with Gasteiger partial charge in [-0.1, -0.05) is 12.1 Å². The molecular weight excluding hydrogens is 242 g/mol. The molecule has 1 saturated heterocycles. The van der Waals surface area contributed by atoms with Gasteiger partial charge < -0.3 is 10.0 Å². The minimum Gasteiger partial charge on any atom is -0.478 e. The molecule has 1 aromatic carbocycles. The van der Waals surface area contributed by atoms with Gasteiger partial charge in [0, 0.05) is 12.1 Å². The monoisotopic (exact) mass is 261 g/mol. The van der Waals surface area contributed by atoms with Gasteiger partial charge in [0.1, 0.15) is 0 Å². The molecule has 0 unspecified atom stereocenters. The van der Waals surface area contributed by atoms with E-state index < -0.39 is 5.97 Å². The fourth-order valence-electron chi connectivity index (χ4n) is 2.82. The molecule has 1 amide bonds. The summed E-state index contributed by atoms with van der Waals surface area (Å²) in [6.07, 6.45) is 3.07. The zero-order chi connectivity index (χ0) is 14.0. The zero-order valence-electron chi connectivity index (χ0n) is 11.3. The molecule has 0 radical (unpaired) electrons. The minimum atomic E-state index is -1.05. The van der Waals surface area contributed by atoms with Crippen molar-refractivity contribution in [3.05, 3.63) is 35.4 Å². The Morgan fingerprint density at radius 1 is 1.11 bits per heavy atom. The lowest BCUT2D eigenvalue weighted by molar-refractivity contribution is 0.0501. The highest BCUT2D eigenvalue weighted by atomic mass is 16.4. The fourth-order valence-corrected chi connectivity index (χ4v) is 2.82. The summed E-state index contributed by atoms with van der Waals surface area (Å²) in [5, 5.41) is 9.17. The Balaban J connectivity index is 2.36. The molecule has 1 aliphatic rings. The number of likely N-dealkylation sites (tertiary alicyclic amines) is 1. The van der Waals surface area contributed by atoms with E-state index in [-0.39, 0.29) is 29.1 Å². The van der Waals surface area contributed by atoms with Crippen molar-refractivity contribution < 1.29 is 14.7 Å². The predicted molar refractivity (Wildman–Crippen MR) is 72.3 cm³/mol. The molecule has 0 saturated carbocycles. The van der Waals surface area contributed by atoms with Crippen molar-refractivity contribution in [2.45, 2.75) is 45.2 Å². The summed E-state index contributed by atoms with van der Waals surface area (Å²) in [4.78, 5) is 25.6. The van der Waals surface area contributed by atoms with Crippen molar-refractivity contribution in [2.24, 2.45) is 0 Å². The largest absolute Gasteiger partial charge is 0.478 e. The number of nitrogens with zero attached hydrogens (tertiary/aromatic N) is 1. The first-order chi connectivity index (χ1) is 9.02. The van der Waals surface area contributed by atoms with Crippen LogP contribution in [0.2, 0.25) is 0 Å². The van der Waals surface area contributed by atoms with E-state index in [1.54, 1.807) is 18.2 Å². The van der Waals surface area contributed by atoms with Gasteiger partial charge in [0.15, 0.2) is 0 Å². The molecule has 2 atom stereocenters. The number of carbonyl (C=O) groups excluding carboxylic acids is 1. The first-order valence-corrected chi connectivity index (χ1v) is 6.67. The van der Waals surface area contributed by atoms with Crippen molar-refractivity contribution in [2.75, 3.05) is 0 Å². The summed E-state index contributed by atoms with van der Waals surface area (Å²) in [5.41, 5.74) is 0.369. The van der Waals surface area contributed by atoms with Gasteiger partial charge in [0.2, 0.25) is 0 Å². The highest BCUT2D eigenvalue weighted by Gasteiger charge is 2.31. The van der Waals surface area contributed by atoms with Gasteiger partial charge in [-0.2, -0.15) is 0 Å². The topological polar surface area (TPSA) is 57.6 Å². The highest BCUT2D eigenvalue weighted by molar-refractivity contribution is 6.05. The van der Waals surface area contributed by atoms with Crippen molar-refractivity contribution in [3.8, 4) is 0 Å².